The Hall–Kier alpha value is -3.24. The maximum absolute atomic E-state index is 12.4. The fraction of sp³-hybridized carbons (Fsp3) is 0.345. The van der Waals surface area contributed by atoms with Crippen molar-refractivity contribution in [1.29, 1.82) is 0 Å². The van der Waals surface area contributed by atoms with Crippen LogP contribution in [0, 0.1) is 0 Å². The number of carbonyl (C=O) groups excluding carboxylic acids is 1. The molecule has 0 amide bonds. The first-order valence-corrected chi connectivity index (χ1v) is 14.3. The van der Waals surface area contributed by atoms with E-state index >= 15 is 0 Å². The van der Waals surface area contributed by atoms with Gasteiger partial charge in [0.1, 0.15) is 36.6 Å². The van der Waals surface area contributed by atoms with E-state index < -0.39 is 25.9 Å². The van der Waals surface area contributed by atoms with Crippen LogP contribution in [0.25, 0.3) is 0 Å². The molecule has 0 saturated heterocycles. The topological polar surface area (TPSA) is 136 Å². The quantitative estimate of drug-likeness (QED) is 0.167. The van der Waals surface area contributed by atoms with Gasteiger partial charge in [-0.25, -0.2) is 4.57 Å². The molecule has 0 aromatic heterocycles. The predicted molar refractivity (Wildman–Crippen MR) is 149 cm³/mol. The Morgan fingerprint density at radius 1 is 0.950 bits per heavy atom. The largest absolute Gasteiger partial charge is 0.489 e. The maximum Gasteiger partial charge on any atom is 0.472 e. The number of phosphoric acid groups is 1. The summed E-state index contributed by atoms with van der Waals surface area (Å²) in [6.45, 7) is 1.42. The number of esters is 1. The molecule has 0 aliphatic carbocycles. The highest BCUT2D eigenvalue weighted by Crippen LogP contribution is 2.44. The van der Waals surface area contributed by atoms with Gasteiger partial charge in [0.25, 0.3) is 0 Å². The first-order valence-electron chi connectivity index (χ1n) is 12.8. The second-order valence-corrected chi connectivity index (χ2v) is 10.5. The number of methoxy groups -OCH3 is 1. The fourth-order valence-corrected chi connectivity index (χ4v) is 4.54. The number of hydrogen-bond donors (Lipinski definition) is 2. The number of ether oxygens (including phenoxy) is 4. The second kappa shape index (κ2) is 16.1. The van der Waals surface area contributed by atoms with Gasteiger partial charge in [-0.2, -0.15) is 0 Å². The van der Waals surface area contributed by atoms with Gasteiger partial charge >= 0.3 is 13.8 Å². The summed E-state index contributed by atoms with van der Waals surface area (Å²) in [5.74, 6) is 1.60. The minimum atomic E-state index is -4.39. The Bertz CT molecular complexity index is 1240. The number of phosphoric ester groups is 1. The van der Waals surface area contributed by atoms with Gasteiger partial charge in [0, 0.05) is 19.6 Å². The molecule has 3 atom stereocenters. The van der Waals surface area contributed by atoms with Crippen molar-refractivity contribution in [1.82, 2.24) is 0 Å². The summed E-state index contributed by atoms with van der Waals surface area (Å²) in [6, 6.07) is 24.2. The van der Waals surface area contributed by atoms with E-state index in [1.54, 1.807) is 6.92 Å². The molecule has 3 aromatic carbocycles. The normalized spacial score (nSPS) is 14.1. The number of rotatable bonds is 17. The maximum atomic E-state index is 12.4. The molecule has 3 N–H and O–H groups in total. The van der Waals surface area contributed by atoms with Crippen molar-refractivity contribution in [3.63, 3.8) is 0 Å². The molecule has 10 nitrogen and oxygen atoms in total. The number of benzene rings is 3. The van der Waals surface area contributed by atoms with Crippen LogP contribution in [0.5, 0.6) is 17.2 Å². The van der Waals surface area contributed by atoms with Crippen LogP contribution in [0.3, 0.4) is 0 Å². The molecule has 216 valence electrons. The minimum absolute atomic E-state index is 0.0679. The van der Waals surface area contributed by atoms with E-state index in [1.165, 1.54) is 7.11 Å². The van der Waals surface area contributed by atoms with E-state index in [9.17, 15) is 14.3 Å². The van der Waals surface area contributed by atoms with Gasteiger partial charge in [-0.3, -0.25) is 13.8 Å². The van der Waals surface area contributed by atoms with Crippen molar-refractivity contribution in [3.05, 3.63) is 90.0 Å². The fourth-order valence-electron chi connectivity index (χ4n) is 3.56. The number of aryl methyl sites for hydroxylation is 1. The van der Waals surface area contributed by atoms with Crippen LogP contribution in [0.1, 0.15) is 24.5 Å². The lowest BCUT2D eigenvalue weighted by atomic mass is 10.1. The van der Waals surface area contributed by atoms with Gasteiger partial charge in [0.2, 0.25) is 0 Å². The van der Waals surface area contributed by atoms with E-state index in [0.717, 1.165) is 16.9 Å². The third-order valence-electron chi connectivity index (χ3n) is 5.41. The first-order chi connectivity index (χ1) is 19.2. The van der Waals surface area contributed by atoms with Crippen LogP contribution in [0.2, 0.25) is 0 Å². The van der Waals surface area contributed by atoms with Gasteiger partial charge in [-0.05, 0) is 54.8 Å². The van der Waals surface area contributed by atoms with E-state index in [2.05, 4.69) is 0 Å². The molecular formula is C29H36NO9P. The predicted octanol–water partition coefficient (Wildman–Crippen LogP) is 5.03. The molecule has 3 rings (SSSR count). The molecular weight excluding hydrogens is 537 g/mol. The molecule has 40 heavy (non-hydrogen) atoms. The van der Waals surface area contributed by atoms with Gasteiger partial charge in [0.15, 0.2) is 0 Å². The Kier molecular flexibility index (Phi) is 12.6. The lowest BCUT2D eigenvalue weighted by Crippen LogP contribution is -2.27. The van der Waals surface area contributed by atoms with E-state index in [-0.39, 0.29) is 26.2 Å². The molecule has 0 radical (unpaired) electrons. The van der Waals surface area contributed by atoms with Crippen molar-refractivity contribution in [3.8, 4) is 17.2 Å². The third-order valence-corrected chi connectivity index (χ3v) is 6.45. The highest BCUT2D eigenvalue weighted by Gasteiger charge is 2.28. The SMILES string of the molecule is COC[C@H](COC(=O)CCc1ccccc1OCc1cccc(Oc2ccccc2)c1)OP(=O)(O)OC[C@@H](C)N. The zero-order chi connectivity index (χ0) is 28.8. The molecule has 3 aromatic rings. The minimum Gasteiger partial charge on any atom is -0.489 e. The summed E-state index contributed by atoms with van der Waals surface area (Å²) in [6.07, 6.45) is -0.550. The highest BCUT2D eigenvalue weighted by atomic mass is 31.2. The van der Waals surface area contributed by atoms with Crippen LogP contribution in [-0.2, 0) is 40.9 Å². The van der Waals surface area contributed by atoms with E-state index in [4.69, 9.17) is 33.7 Å². The van der Waals surface area contributed by atoms with E-state index in [0.29, 0.717) is 24.5 Å². The summed E-state index contributed by atoms with van der Waals surface area (Å²) >= 11 is 0. The summed E-state index contributed by atoms with van der Waals surface area (Å²) in [4.78, 5) is 22.3. The molecule has 0 bridgehead atoms. The molecule has 0 aliphatic heterocycles. The van der Waals surface area contributed by atoms with Gasteiger partial charge in [-0.1, -0.05) is 48.5 Å². The smallest absolute Gasteiger partial charge is 0.472 e. The van der Waals surface area contributed by atoms with Crippen LogP contribution < -0.4 is 15.2 Å². The van der Waals surface area contributed by atoms with Gasteiger partial charge in [-0.15, -0.1) is 0 Å². The second-order valence-electron chi connectivity index (χ2n) is 9.07. The van der Waals surface area contributed by atoms with Crippen LogP contribution in [0.15, 0.2) is 78.9 Å². The van der Waals surface area contributed by atoms with Crippen molar-refractivity contribution in [2.75, 3.05) is 26.9 Å². The van der Waals surface area contributed by atoms with Crippen molar-refractivity contribution < 1.29 is 42.2 Å². The van der Waals surface area contributed by atoms with Crippen LogP contribution in [0.4, 0.5) is 0 Å². The Labute approximate surface area is 234 Å². The zero-order valence-corrected chi connectivity index (χ0v) is 23.5. The van der Waals surface area contributed by atoms with Crippen LogP contribution in [-0.4, -0.2) is 49.9 Å². The molecule has 0 spiro atoms. The van der Waals surface area contributed by atoms with Crippen LogP contribution >= 0.6 is 7.82 Å². The summed E-state index contributed by atoms with van der Waals surface area (Å²) < 4.78 is 44.2. The standard InChI is InChI=1S/C29H36NO9P/c1-22(30)18-37-40(32,33)39-27(20-34-2)21-36-29(31)16-15-24-10-6-7-14-28(24)35-19-23-9-8-13-26(17-23)38-25-11-4-3-5-12-25/h3-14,17,22,27H,15-16,18-21,30H2,1-2H3,(H,32,33)/t22-,27-/m1/s1. The number of para-hydroxylation sites is 2. The van der Waals surface area contributed by atoms with Crippen molar-refractivity contribution in [2.24, 2.45) is 5.73 Å². The van der Waals surface area contributed by atoms with E-state index in [1.807, 2.05) is 78.9 Å². The molecule has 0 fully saturated rings. The number of nitrogens with two attached hydrogens (primary N) is 1. The molecule has 11 heteroatoms. The number of carbonyl (C=O) groups is 1. The Morgan fingerprint density at radius 2 is 1.68 bits per heavy atom. The molecule has 0 aliphatic rings. The van der Waals surface area contributed by atoms with Crippen molar-refractivity contribution in [2.45, 2.75) is 38.5 Å². The zero-order valence-electron chi connectivity index (χ0n) is 22.6. The van der Waals surface area contributed by atoms with Crippen molar-refractivity contribution >= 4 is 13.8 Å². The lowest BCUT2D eigenvalue weighted by molar-refractivity contribution is -0.147. The third kappa shape index (κ3) is 11.5. The Morgan fingerprint density at radius 3 is 2.42 bits per heavy atom. The summed E-state index contributed by atoms with van der Waals surface area (Å²) in [5.41, 5.74) is 7.31. The summed E-state index contributed by atoms with van der Waals surface area (Å²) in [5, 5.41) is 0. The van der Waals surface area contributed by atoms with Gasteiger partial charge in [0.05, 0.1) is 13.2 Å². The highest BCUT2D eigenvalue weighted by molar-refractivity contribution is 7.47. The average Bonchev–Trinajstić information content (AvgIpc) is 2.94. The lowest BCUT2D eigenvalue weighted by Gasteiger charge is -2.20. The molecule has 0 heterocycles. The van der Waals surface area contributed by atoms with Gasteiger partial charge < -0.3 is 29.6 Å². The first kappa shape index (κ1) is 31.3. The average molecular weight is 574 g/mol. The molecule has 0 saturated carbocycles. The number of hydrogen-bond acceptors (Lipinski definition) is 9. The monoisotopic (exact) mass is 573 g/mol. The molecule has 1 unspecified atom stereocenters. The summed E-state index contributed by atoms with van der Waals surface area (Å²) in [7, 11) is -3.00. The Balaban J connectivity index is 1.49.